The molecule has 146 valence electrons. The van der Waals surface area contributed by atoms with Gasteiger partial charge >= 0.3 is 0 Å². The summed E-state index contributed by atoms with van der Waals surface area (Å²) in [5, 5.41) is 0. The maximum Gasteiger partial charge on any atom is 0.255 e. The smallest absolute Gasteiger partial charge is 0.255 e. The van der Waals surface area contributed by atoms with Crippen molar-refractivity contribution in [3.63, 3.8) is 0 Å². The summed E-state index contributed by atoms with van der Waals surface area (Å²) in [4.78, 5) is 25.7. The molecule has 26 heavy (non-hydrogen) atoms. The number of halogens is 1. The molecule has 9 heteroatoms. The molecular formula is C17H26ClN3O5. The minimum Gasteiger partial charge on any atom is -0.493 e. The molecule has 1 aliphatic heterocycles. The molecule has 0 bridgehead atoms. The lowest BCUT2D eigenvalue weighted by molar-refractivity contribution is -0.120. The third kappa shape index (κ3) is 4.70. The predicted molar refractivity (Wildman–Crippen MR) is 99.1 cm³/mol. The van der Waals surface area contributed by atoms with Gasteiger partial charge in [0.2, 0.25) is 5.75 Å². The van der Waals surface area contributed by atoms with Gasteiger partial charge in [-0.25, -0.2) is 0 Å². The Hall–Kier alpha value is -2.19. The normalized spacial score (nSPS) is 18.8. The van der Waals surface area contributed by atoms with E-state index in [0.29, 0.717) is 36.1 Å². The van der Waals surface area contributed by atoms with Crippen molar-refractivity contribution >= 4 is 24.2 Å². The Morgan fingerprint density at radius 2 is 1.81 bits per heavy atom. The Balaban J connectivity index is 0.00000338. The summed E-state index contributed by atoms with van der Waals surface area (Å²) < 4.78 is 16.0. The van der Waals surface area contributed by atoms with Crippen molar-refractivity contribution in [3.05, 3.63) is 17.7 Å². The van der Waals surface area contributed by atoms with Crippen molar-refractivity contribution < 1.29 is 23.8 Å². The van der Waals surface area contributed by atoms with Crippen LogP contribution in [-0.2, 0) is 4.79 Å². The first kappa shape index (κ1) is 21.9. The quantitative estimate of drug-likeness (QED) is 0.714. The van der Waals surface area contributed by atoms with Crippen molar-refractivity contribution in [3.8, 4) is 17.2 Å². The second kappa shape index (κ2) is 9.49. The van der Waals surface area contributed by atoms with E-state index in [1.54, 1.807) is 17.0 Å². The summed E-state index contributed by atoms with van der Waals surface area (Å²) in [7, 11) is 2.90. The van der Waals surface area contributed by atoms with Gasteiger partial charge in [-0.15, -0.1) is 12.4 Å². The largest absolute Gasteiger partial charge is 0.493 e. The highest BCUT2D eigenvalue weighted by Crippen LogP contribution is 2.39. The van der Waals surface area contributed by atoms with Crippen LogP contribution in [0.25, 0.3) is 0 Å². The van der Waals surface area contributed by atoms with Gasteiger partial charge in [-0.1, -0.05) is 0 Å². The average Bonchev–Trinajstić information content (AvgIpc) is 2.99. The van der Waals surface area contributed by atoms with E-state index in [0.717, 1.165) is 6.42 Å². The van der Waals surface area contributed by atoms with E-state index in [9.17, 15) is 9.59 Å². The number of methoxy groups -OCH3 is 2. The number of ether oxygens (including phenoxy) is 3. The molecule has 1 aromatic rings. The first-order valence-corrected chi connectivity index (χ1v) is 8.09. The van der Waals surface area contributed by atoms with Gasteiger partial charge < -0.3 is 30.6 Å². The van der Waals surface area contributed by atoms with Gasteiger partial charge in [0.15, 0.2) is 18.1 Å². The third-order valence-electron chi connectivity index (χ3n) is 4.32. The molecule has 0 saturated carbocycles. The number of carbonyl (C=O) groups is 2. The van der Waals surface area contributed by atoms with E-state index in [1.165, 1.54) is 14.2 Å². The number of primary amides is 1. The van der Waals surface area contributed by atoms with E-state index in [1.807, 2.05) is 6.92 Å². The van der Waals surface area contributed by atoms with Crippen molar-refractivity contribution in [1.82, 2.24) is 4.90 Å². The van der Waals surface area contributed by atoms with Gasteiger partial charge in [0, 0.05) is 18.2 Å². The molecule has 1 aliphatic rings. The number of carbonyl (C=O) groups excluding carboxylic acids is 2. The Morgan fingerprint density at radius 1 is 1.23 bits per heavy atom. The molecule has 1 fully saturated rings. The summed E-state index contributed by atoms with van der Waals surface area (Å²) in [5.41, 5.74) is 11.3. The second-order valence-corrected chi connectivity index (χ2v) is 6.11. The number of likely N-dealkylation sites (tertiary alicyclic amines) is 1. The SMILES string of the molecule is COc1cc(C(=O)N2CC(CN)CC2C)cc(OC)c1OCC(N)=O.Cl. The van der Waals surface area contributed by atoms with E-state index < -0.39 is 5.91 Å². The Bertz CT molecular complexity index is 630. The van der Waals surface area contributed by atoms with Crippen LogP contribution in [0.1, 0.15) is 23.7 Å². The van der Waals surface area contributed by atoms with E-state index in [4.69, 9.17) is 25.7 Å². The molecule has 0 aliphatic carbocycles. The van der Waals surface area contributed by atoms with Gasteiger partial charge in [-0.3, -0.25) is 9.59 Å². The number of hydrogen-bond acceptors (Lipinski definition) is 6. The first-order valence-electron chi connectivity index (χ1n) is 8.09. The van der Waals surface area contributed by atoms with Crippen LogP contribution in [0.4, 0.5) is 0 Å². The summed E-state index contributed by atoms with van der Waals surface area (Å²) in [6.45, 7) is 2.87. The predicted octanol–water partition coefficient (Wildman–Crippen LogP) is 0.799. The highest BCUT2D eigenvalue weighted by atomic mass is 35.5. The van der Waals surface area contributed by atoms with Gasteiger partial charge in [-0.2, -0.15) is 0 Å². The molecule has 2 rings (SSSR count). The van der Waals surface area contributed by atoms with Crippen LogP contribution in [0.5, 0.6) is 17.2 Å². The fourth-order valence-corrected chi connectivity index (χ4v) is 3.05. The van der Waals surface area contributed by atoms with Crippen LogP contribution in [0.15, 0.2) is 12.1 Å². The highest BCUT2D eigenvalue weighted by Gasteiger charge is 2.33. The van der Waals surface area contributed by atoms with Gasteiger partial charge in [-0.05, 0) is 37.9 Å². The molecule has 0 radical (unpaired) electrons. The molecule has 1 aromatic carbocycles. The second-order valence-electron chi connectivity index (χ2n) is 6.11. The summed E-state index contributed by atoms with van der Waals surface area (Å²) in [5.74, 6) is 0.386. The van der Waals surface area contributed by atoms with Gasteiger partial charge in [0.1, 0.15) is 0 Å². The number of rotatable bonds is 7. The topological polar surface area (TPSA) is 117 Å². The van der Waals surface area contributed by atoms with Crippen molar-refractivity contribution in [2.24, 2.45) is 17.4 Å². The Morgan fingerprint density at radius 3 is 2.23 bits per heavy atom. The Kier molecular flexibility index (Phi) is 7.98. The lowest BCUT2D eigenvalue weighted by atomic mass is 10.1. The van der Waals surface area contributed by atoms with Crippen LogP contribution in [0.3, 0.4) is 0 Å². The zero-order chi connectivity index (χ0) is 18.6. The van der Waals surface area contributed by atoms with E-state index in [-0.39, 0.29) is 36.7 Å². The molecule has 8 nitrogen and oxygen atoms in total. The zero-order valence-electron chi connectivity index (χ0n) is 15.2. The number of nitrogens with zero attached hydrogens (tertiary/aromatic N) is 1. The van der Waals surface area contributed by atoms with Crippen LogP contribution >= 0.6 is 12.4 Å². The maximum absolute atomic E-state index is 12.9. The average molecular weight is 388 g/mol. The number of hydrogen-bond donors (Lipinski definition) is 2. The molecular weight excluding hydrogens is 362 g/mol. The zero-order valence-corrected chi connectivity index (χ0v) is 16.0. The molecule has 0 spiro atoms. The summed E-state index contributed by atoms with van der Waals surface area (Å²) in [6.07, 6.45) is 0.885. The van der Waals surface area contributed by atoms with Crippen molar-refractivity contribution in [2.45, 2.75) is 19.4 Å². The molecule has 4 N–H and O–H groups in total. The summed E-state index contributed by atoms with van der Waals surface area (Å²) >= 11 is 0. The third-order valence-corrected chi connectivity index (χ3v) is 4.32. The first-order chi connectivity index (χ1) is 11.9. The maximum atomic E-state index is 12.9. The lowest BCUT2D eigenvalue weighted by Gasteiger charge is -2.23. The molecule has 2 atom stereocenters. The standard InChI is InChI=1S/C17H25N3O5.ClH/c1-10-4-11(7-18)8-20(10)17(22)12-5-13(23-2)16(14(6-12)24-3)25-9-15(19)21;/h5-6,10-11H,4,7-9,18H2,1-3H3,(H2,19,21);1H. The Labute approximate surface area is 159 Å². The molecule has 1 saturated heterocycles. The van der Waals surface area contributed by atoms with Gasteiger partial charge in [0.25, 0.3) is 11.8 Å². The van der Waals surface area contributed by atoms with Crippen molar-refractivity contribution in [1.29, 1.82) is 0 Å². The molecule has 2 amide bonds. The number of amides is 2. The highest BCUT2D eigenvalue weighted by molar-refractivity contribution is 5.96. The molecule has 1 heterocycles. The molecule has 0 aromatic heterocycles. The van der Waals surface area contributed by atoms with E-state index in [2.05, 4.69) is 0 Å². The van der Waals surface area contributed by atoms with E-state index >= 15 is 0 Å². The number of nitrogens with two attached hydrogens (primary N) is 2. The van der Waals surface area contributed by atoms with Crippen LogP contribution in [-0.4, -0.2) is 56.7 Å². The number of benzene rings is 1. The minimum atomic E-state index is -0.622. The fraction of sp³-hybridized carbons (Fsp3) is 0.529. The van der Waals surface area contributed by atoms with Crippen LogP contribution < -0.4 is 25.7 Å². The van der Waals surface area contributed by atoms with Crippen molar-refractivity contribution in [2.75, 3.05) is 33.9 Å². The monoisotopic (exact) mass is 387 g/mol. The lowest BCUT2D eigenvalue weighted by Crippen LogP contribution is -2.34. The van der Waals surface area contributed by atoms with Crippen LogP contribution in [0.2, 0.25) is 0 Å². The van der Waals surface area contributed by atoms with Gasteiger partial charge in [0.05, 0.1) is 14.2 Å². The minimum absolute atomic E-state index is 0. The molecule has 2 unspecified atom stereocenters. The summed E-state index contributed by atoms with van der Waals surface area (Å²) in [6, 6.07) is 3.26. The fourth-order valence-electron chi connectivity index (χ4n) is 3.05. The van der Waals surface area contributed by atoms with Crippen LogP contribution in [0, 0.1) is 5.92 Å².